The van der Waals surface area contributed by atoms with Gasteiger partial charge in [-0.1, -0.05) is 56.1 Å². The SMILES string of the molecule is CC[C@H](C(=O)NCC(C)C)N(Cc1ccc(F)cc1)C(=O)CN(c1cc(Cl)cc(Cl)c1)S(C)(=O)=O. The lowest BCUT2D eigenvalue weighted by atomic mass is 10.1. The topological polar surface area (TPSA) is 86.8 Å². The first kappa shape index (κ1) is 28.9. The predicted molar refractivity (Wildman–Crippen MR) is 138 cm³/mol. The zero-order chi connectivity index (χ0) is 26.3. The number of hydrogen-bond donors (Lipinski definition) is 1. The smallest absolute Gasteiger partial charge is 0.244 e. The third-order valence-electron chi connectivity index (χ3n) is 5.15. The highest BCUT2D eigenvalue weighted by Gasteiger charge is 2.32. The Labute approximate surface area is 216 Å². The summed E-state index contributed by atoms with van der Waals surface area (Å²) in [5, 5.41) is 3.24. The van der Waals surface area contributed by atoms with Crippen LogP contribution in [0, 0.1) is 11.7 Å². The van der Waals surface area contributed by atoms with E-state index >= 15 is 0 Å². The normalized spacial score (nSPS) is 12.3. The molecule has 0 radical (unpaired) electrons. The molecular formula is C24H30Cl2FN3O4S. The van der Waals surface area contributed by atoms with E-state index < -0.39 is 34.3 Å². The summed E-state index contributed by atoms with van der Waals surface area (Å²) in [4.78, 5) is 27.8. The molecule has 0 saturated carbocycles. The van der Waals surface area contributed by atoms with Crippen molar-refractivity contribution in [2.75, 3.05) is 23.7 Å². The molecule has 0 saturated heterocycles. The molecule has 7 nitrogen and oxygen atoms in total. The van der Waals surface area contributed by atoms with Gasteiger partial charge in [-0.05, 0) is 48.2 Å². The Hall–Kier alpha value is -2.36. The number of rotatable bonds is 11. The minimum absolute atomic E-state index is 0.0133. The van der Waals surface area contributed by atoms with Crippen LogP contribution >= 0.6 is 23.2 Å². The number of nitrogens with zero attached hydrogens (tertiary/aromatic N) is 2. The highest BCUT2D eigenvalue weighted by Crippen LogP contribution is 2.27. The van der Waals surface area contributed by atoms with Crippen LogP contribution in [0.2, 0.25) is 10.0 Å². The van der Waals surface area contributed by atoms with E-state index in [1.807, 2.05) is 13.8 Å². The van der Waals surface area contributed by atoms with Gasteiger partial charge in [-0.25, -0.2) is 12.8 Å². The minimum atomic E-state index is -3.91. The van der Waals surface area contributed by atoms with Crippen molar-refractivity contribution in [3.05, 3.63) is 63.9 Å². The Morgan fingerprint density at radius 3 is 2.11 bits per heavy atom. The van der Waals surface area contributed by atoms with Crippen molar-refractivity contribution in [3.8, 4) is 0 Å². The maximum Gasteiger partial charge on any atom is 0.244 e. The van der Waals surface area contributed by atoms with Gasteiger partial charge in [0.25, 0.3) is 0 Å². The van der Waals surface area contributed by atoms with Gasteiger partial charge in [0.2, 0.25) is 21.8 Å². The van der Waals surface area contributed by atoms with Crippen molar-refractivity contribution >= 4 is 50.7 Å². The van der Waals surface area contributed by atoms with E-state index in [1.165, 1.54) is 47.4 Å². The molecule has 0 heterocycles. The van der Waals surface area contributed by atoms with Gasteiger partial charge < -0.3 is 10.2 Å². The largest absolute Gasteiger partial charge is 0.354 e. The Morgan fingerprint density at radius 1 is 1.06 bits per heavy atom. The summed E-state index contributed by atoms with van der Waals surface area (Å²) in [5.74, 6) is -1.20. The fourth-order valence-corrected chi connectivity index (χ4v) is 4.77. The van der Waals surface area contributed by atoms with Gasteiger partial charge in [-0.15, -0.1) is 0 Å². The fourth-order valence-electron chi connectivity index (χ4n) is 3.43. The number of sulfonamides is 1. The maximum absolute atomic E-state index is 13.6. The summed E-state index contributed by atoms with van der Waals surface area (Å²) >= 11 is 12.1. The first-order chi connectivity index (χ1) is 16.3. The standard InChI is InChI=1S/C24H30Cl2FN3O4S/c1-5-22(24(32)28-13-16(2)3)29(14-17-6-8-20(27)9-7-17)23(31)15-30(35(4,33)34)21-11-18(25)10-19(26)12-21/h6-12,16,22H,5,13-15H2,1-4H3,(H,28,32)/t22-/m1/s1. The van der Waals surface area contributed by atoms with Crippen molar-refractivity contribution < 1.29 is 22.4 Å². The molecular weight excluding hydrogens is 516 g/mol. The van der Waals surface area contributed by atoms with Crippen molar-refractivity contribution in [1.82, 2.24) is 10.2 Å². The number of amides is 2. The predicted octanol–water partition coefficient (Wildman–Crippen LogP) is 4.48. The van der Waals surface area contributed by atoms with E-state index in [4.69, 9.17) is 23.2 Å². The Morgan fingerprint density at radius 2 is 1.63 bits per heavy atom. The molecule has 0 aliphatic carbocycles. The molecule has 0 unspecified atom stereocenters. The van der Waals surface area contributed by atoms with Crippen LogP contribution < -0.4 is 9.62 Å². The second-order valence-electron chi connectivity index (χ2n) is 8.61. The summed E-state index contributed by atoms with van der Waals surface area (Å²) < 4.78 is 39.5. The van der Waals surface area contributed by atoms with Gasteiger partial charge in [0, 0.05) is 23.1 Å². The van der Waals surface area contributed by atoms with Crippen LogP contribution in [-0.4, -0.2) is 50.5 Å². The number of anilines is 1. The Bertz CT molecular complexity index is 1120. The van der Waals surface area contributed by atoms with Crippen LogP contribution in [-0.2, 0) is 26.2 Å². The molecule has 0 aliphatic heterocycles. The van der Waals surface area contributed by atoms with Crippen LogP contribution in [0.3, 0.4) is 0 Å². The van der Waals surface area contributed by atoms with Gasteiger partial charge in [-0.2, -0.15) is 0 Å². The molecule has 11 heteroatoms. The number of halogens is 3. The summed E-state index contributed by atoms with van der Waals surface area (Å²) in [5.41, 5.74) is 0.712. The number of benzene rings is 2. The molecule has 192 valence electrons. The third-order valence-corrected chi connectivity index (χ3v) is 6.73. The molecule has 2 rings (SSSR count). The highest BCUT2D eigenvalue weighted by atomic mass is 35.5. The molecule has 1 atom stereocenters. The number of carbonyl (C=O) groups is 2. The average molecular weight is 546 g/mol. The summed E-state index contributed by atoms with van der Waals surface area (Å²) in [6.07, 6.45) is 1.25. The van der Waals surface area contributed by atoms with Crippen LogP contribution in [0.1, 0.15) is 32.8 Å². The number of hydrogen-bond acceptors (Lipinski definition) is 4. The summed E-state index contributed by atoms with van der Waals surface area (Å²) in [6, 6.07) is 8.90. The van der Waals surface area contributed by atoms with Gasteiger partial charge in [0.05, 0.1) is 11.9 Å². The zero-order valence-corrected chi connectivity index (χ0v) is 22.4. The second-order valence-corrected chi connectivity index (χ2v) is 11.4. The average Bonchev–Trinajstić information content (AvgIpc) is 2.75. The molecule has 35 heavy (non-hydrogen) atoms. The van der Waals surface area contributed by atoms with E-state index in [1.54, 1.807) is 6.92 Å². The van der Waals surface area contributed by atoms with Gasteiger partial charge in [0.15, 0.2) is 0 Å². The zero-order valence-electron chi connectivity index (χ0n) is 20.1. The van der Waals surface area contributed by atoms with Crippen molar-refractivity contribution in [3.63, 3.8) is 0 Å². The number of nitrogens with one attached hydrogen (secondary N) is 1. The van der Waals surface area contributed by atoms with Crippen LogP contribution in [0.5, 0.6) is 0 Å². The molecule has 0 spiro atoms. The van der Waals surface area contributed by atoms with Gasteiger partial charge in [-0.3, -0.25) is 13.9 Å². The molecule has 2 aromatic carbocycles. The summed E-state index contributed by atoms with van der Waals surface area (Å²) in [6.45, 7) is 5.48. The molecule has 0 aliphatic rings. The quantitative estimate of drug-likeness (QED) is 0.451. The first-order valence-corrected chi connectivity index (χ1v) is 13.7. The van der Waals surface area contributed by atoms with Gasteiger partial charge in [0.1, 0.15) is 18.4 Å². The third kappa shape index (κ3) is 8.66. The lowest BCUT2D eigenvalue weighted by molar-refractivity contribution is -0.140. The molecule has 0 aromatic heterocycles. The van der Waals surface area contributed by atoms with Crippen molar-refractivity contribution in [2.24, 2.45) is 5.92 Å². The Balaban J connectivity index is 2.44. The van der Waals surface area contributed by atoms with E-state index in [9.17, 15) is 22.4 Å². The van der Waals surface area contributed by atoms with Crippen LogP contribution in [0.25, 0.3) is 0 Å². The molecule has 2 aromatic rings. The highest BCUT2D eigenvalue weighted by molar-refractivity contribution is 7.92. The van der Waals surface area contributed by atoms with E-state index in [0.29, 0.717) is 18.5 Å². The second kappa shape index (κ2) is 12.6. The molecule has 1 N–H and O–H groups in total. The van der Waals surface area contributed by atoms with Crippen LogP contribution in [0.4, 0.5) is 10.1 Å². The van der Waals surface area contributed by atoms with Crippen LogP contribution in [0.15, 0.2) is 42.5 Å². The monoisotopic (exact) mass is 545 g/mol. The van der Waals surface area contributed by atoms with E-state index in [-0.39, 0.29) is 34.1 Å². The lowest BCUT2D eigenvalue weighted by Crippen LogP contribution is -2.52. The van der Waals surface area contributed by atoms with Crippen molar-refractivity contribution in [2.45, 2.75) is 39.8 Å². The van der Waals surface area contributed by atoms with Gasteiger partial charge >= 0.3 is 0 Å². The Kier molecular flexibility index (Phi) is 10.4. The van der Waals surface area contributed by atoms with Crippen molar-refractivity contribution in [1.29, 1.82) is 0 Å². The van der Waals surface area contributed by atoms with E-state index in [2.05, 4.69) is 5.32 Å². The summed E-state index contributed by atoms with van der Waals surface area (Å²) in [7, 11) is -3.91. The first-order valence-electron chi connectivity index (χ1n) is 11.1. The molecule has 2 amide bonds. The van der Waals surface area contributed by atoms with E-state index in [0.717, 1.165) is 10.6 Å². The fraction of sp³-hybridized carbons (Fsp3) is 0.417. The molecule has 0 fully saturated rings. The lowest BCUT2D eigenvalue weighted by Gasteiger charge is -2.33. The maximum atomic E-state index is 13.6. The molecule has 0 bridgehead atoms. The number of carbonyl (C=O) groups excluding carboxylic acids is 2. The minimum Gasteiger partial charge on any atom is -0.354 e.